The maximum atomic E-state index is 13.6. The molecule has 5 heteroatoms. The van der Waals surface area contributed by atoms with Crippen molar-refractivity contribution in [2.75, 3.05) is 5.73 Å². The van der Waals surface area contributed by atoms with Gasteiger partial charge in [0.1, 0.15) is 11.6 Å². The maximum absolute atomic E-state index is 13.6. The van der Waals surface area contributed by atoms with Gasteiger partial charge < -0.3 is 10.5 Å². The molecule has 19 heavy (non-hydrogen) atoms. The summed E-state index contributed by atoms with van der Waals surface area (Å²) in [5.74, 6) is 0.945. The van der Waals surface area contributed by atoms with E-state index >= 15 is 0 Å². The Hall–Kier alpha value is -2.17. The van der Waals surface area contributed by atoms with Gasteiger partial charge in [0.2, 0.25) is 5.88 Å². The lowest BCUT2D eigenvalue weighted by atomic mass is 10.2. The summed E-state index contributed by atoms with van der Waals surface area (Å²) in [6.45, 7) is 5.76. The SMILES string of the molecule is Cc1ccc(F)c(Oc2cc(N)nc(C(C)C)n2)c1. The van der Waals surface area contributed by atoms with Gasteiger partial charge in [-0.1, -0.05) is 19.9 Å². The van der Waals surface area contributed by atoms with Crippen molar-refractivity contribution < 1.29 is 9.13 Å². The Balaban J connectivity index is 2.35. The molecule has 0 fully saturated rings. The summed E-state index contributed by atoms with van der Waals surface area (Å²) >= 11 is 0. The molecular formula is C14H16FN3O. The largest absolute Gasteiger partial charge is 0.436 e. The van der Waals surface area contributed by atoms with E-state index in [0.717, 1.165) is 5.56 Å². The Kier molecular flexibility index (Phi) is 3.64. The number of nitrogens with two attached hydrogens (primary N) is 1. The number of benzene rings is 1. The van der Waals surface area contributed by atoms with Gasteiger partial charge in [0, 0.05) is 12.0 Å². The normalized spacial score (nSPS) is 10.8. The van der Waals surface area contributed by atoms with Crippen LogP contribution < -0.4 is 10.5 Å². The molecule has 2 aromatic rings. The minimum absolute atomic E-state index is 0.119. The third kappa shape index (κ3) is 3.19. The van der Waals surface area contributed by atoms with Crippen LogP contribution in [-0.4, -0.2) is 9.97 Å². The monoisotopic (exact) mass is 261 g/mol. The summed E-state index contributed by atoms with van der Waals surface area (Å²) in [4.78, 5) is 8.33. The van der Waals surface area contributed by atoms with Crippen LogP contribution in [0.25, 0.3) is 0 Å². The molecule has 0 spiro atoms. The lowest BCUT2D eigenvalue weighted by molar-refractivity contribution is 0.423. The second-order valence-electron chi connectivity index (χ2n) is 4.68. The Bertz CT molecular complexity index is 599. The van der Waals surface area contributed by atoms with E-state index in [9.17, 15) is 4.39 Å². The van der Waals surface area contributed by atoms with Crippen molar-refractivity contribution in [3.8, 4) is 11.6 Å². The van der Waals surface area contributed by atoms with E-state index < -0.39 is 5.82 Å². The first kappa shape index (κ1) is 13.3. The van der Waals surface area contributed by atoms with Crippen molar-refractivity contribution in [2.24, 2.45) is 0 Å². The molecule has 2 rings (SSSR count). The summed E-state index contributed by atoms with van der Waals surface area (Å²) in [7, 11) is 0. The van der Waals surface area contributed by atoms with Gasteiger partial charge >= 0.3 is 0 Å². The zero-order valence-corrected chi connectivity index (χ0v) is 11.1. The molecule has 0 unspecified atom stereocenters. The molecule has 100 valence electrons. The fraction of sp³-hybridized carbons (Fsp3) is 0.286. The number of halogens is 1. The number of nitrogens with zero attached hydrogens (tertiary/aromatic N) is 2. The molecule has 0 saturated carbocycles. The topological polar surface area (TPSA) is 61.0 Å². The predicted octanol–water partition coefficient (Wildman–Crippen LogP) is 3.42. The van der Waals surface area contributed by atoms with Gasteiger partial charge in [0.15, 0.2) is 11.6 Å². The molecule has 0 bridgehead atoms. The van der Waals surface area contributed by atoms with Crippen molar-refractivity contribution >= 4 is 5.82 Å². The third-order valence-electron chi connectivity index (χ3n) is 2.56. The molecular weight excluding hydrogens is 245 g/mol. The van der Waals surface area contributed by atoms with E-state index in [0.29, 0.717) is 11.6 Å². The van der Waals surface area contributed by atoms with Crippen molar-refractivity contribution in [1.29, 1.82) is 0 Å². The number of hydrogen-bond acceptors (Lipinski definition) is 4. The van der Waals surface area contributed by atoms with Crippen LogP contribution in [0.3, 0.4) is 0 Å². The van der Waals surface area contributed by atoms with Crippen LogP contribution in [0, 0.1) is 12.7 Å². The maximum Gasteiger partial charge on any atom is 0.224 e. The van der Waals surface area contributed by atoms with Crippen LogP contribution in [0.5, 0.6) is 11.6 Å². The minimum Gasteiger partial charge on any atom is -0.436 e. The highest BCUT2D eigenvalue weighted by Gasteiger charge is 2.10. The van der Waals surface area contributed by atoms with Crippen LogP contribution >= 0.6 is 0 Å². The summed E-state index contributed by atoms with van der Waals surface area (Å²) in [6, 6.07) is 6.13. The predicted molar refractivity (Wildman–Crippen MR) is 71.7 cm³/mol. The summed E-state index contributed by atoms with van der Waals surface area (Å²) in [6.07, 6.45) is 0. The molecule has 0 atom stereocenters. The van der Waals surface area contributed by atoms with Crippen molar-refractivity contribution in [1.82, 2.24) is 9.97 Å². The van der Waals surface area contributed by atoms with Crippen LogP contribution in [-0.2, 0) is 0 Å². The van der Waals surface area contributed by atoms with Gasteiger partial charge in [-0.25, -0.2) is 9.37 Å². The molecule has 0 aliphatic heterocycles. The van der Waals surface area contributed by atoms with Crippen molar-refractivity contribution in [3.63, 3.8) is 0 Å². The summed E-state index contributed by atoms with van der Waals surface area (Å²) < 4.78 is 19.1. The zero-order valence-electron chi connectivity index (χ0n) is 11.1. The van der Waals surface area contributed by atoms with Crippen LogP contribution in [0.15, 0.2) is 24.3 Å². The highest BCUT2D eigenvalue weighted by atomic mass is 19.1. The third-order valence-corrected chi connectivity index (χ3v) is 2.56. The number of hydrogen-bond donors (Lipinski definition) is 1. The molecule has 4 nitrogen and oxygen atoms in total. The van der Waals surface area contributed by atoms with Crippen LogP contribution in [0.1, 0.15) is 31.2 Å². The van der Waals surface area contributed by atoms with E-state index in [1.54, 1.807) is 12.1 Å². The minimum atomic E-state index is -0.436. The first-order chi connectivity index (χ1) is 8.95. The quantitative estimate of drug-likeness (QED) is 0.919. The van der Waals surface area contributed by atoms with Gasteiger partial charge in [0.25, 0.3) is 0 Å². The van der Waals surface area contributed by atoms with E-state index in [2.05, 4.69) is 9.97 Å². The first-order valence-electron chi connectivity index (χ1n) is 6.04. The molecule has 0 aliphatic carbocycles. The Morgan fingerprint density at radius 3 is 2.63 bits per heavy atom. The van der Waals surface area contributed by atoms with Crippen LogP contribution in [0.4, 0.5) is 10.2 Å². The number of nitrogen functional groups attached to an aromatic ring is 1. The first-order valence-corrected chi connectivity index (χ1v) is 6.04. The second kappa shape index (κ2) is 5.22. The Labute approximate surface area is 111 Å². The highest BCUT2D eigenvalue weighted by Crippen LogP contribution is 2.26. The Morgan fingerprint density at radius 2 is 1.95 bits per heavy atom. The number of rotatable bonds is 3. The van der Waals surface area contributed by atoms with E-state index in [-0.39, 0.29) is 17.5 Å². The molecule has 0 saturated heterocycles. The average Bonchev–Trinajstić information content (AvgIpc) is 2.33. The molecule has 1 heterocycles. The van der Waals surface area contributed by atoms with Crippen molar-refractivity contribution in [2.45, 2.75) is 26.7 Å². The van der Waals surface area contributed by atoms with E-state index in [1.807, 2.05) is 20.8 Å². The standard InChI is InChI=1S/C14H16FN3O/c1-8(2)14-17-12(16)7-13(18-14)19-11-6-9(3)4-5-10(11)15/h4-8H,1-3H3,(H2,16,17,18). The fourth-order valence-corrected chi connectivity index (χ4v) is 1.57. The second-order valence-corrected chi connectivity index (χ2v) is 4.68. The average molecular weight is 261 g/mol. The van der Waals surface area contributed by atoms with E-state index in [4.69, 9.17) is 10.5 Å². The number of aromatic nitrogens is 2. The molecule has 0 radical (unpaired) electrons. The van der Waals surface area contributed by atoms with E-state index in [1.165, 1.54) is 12.1 Å². The lowest BCUT2D eigenvalue weighted by Crippen LogP contribution is -2.03. The molecule has 2 N–H and O–H groups in total. The van der Waals surface area contributed by atoms with Gasteiger partial charge in [0.05, 0.1) is 0 Å². The Morgan fingerprint density at radius 1 is 1.21 bits per heavy atom. The molecule has 1 aromatic heterocycles. The van der Waals surface area contributed by atoms with Crippen molar-refractivity contribution in [3.05, 3.63) is 41.5 Å². The molecule has 1 aromatic carbocycles. The van der Waals surface area contributed by atoms with Gasteiger partial charge in [-0.2, -0.15) is 4.98 Å². The number of ether oxygens (including phenoxy) is 1. The zero-order chi connectivity index (χ0) is 14.0. The summed E-state index contributed by atoms with van der Waals surface area (Å²) in [5, 5.41) is 0. The van der Waals surface area contributed by atoms with Gasteiger partial charge in [-0.05, 0) is 24.6 Å². The molecule has 0 amide bonds. The van der Waals surface area contributed by atoms with Gasteiger partial charge in [-0.15, -0.1) is 0 Å². The number of anilines is 1. The number of aryl methyl sites for hydroxylation is 1. The fourth-order valence-electron chi connectivity index (χ4n) is 1.57. The van der Waals surface area contributed by atoms with Crippen LogP contribution in [0.2, 0.25) is 0 Å². The lowest BCUT2D eigenvalue weighted by Gasteiger charge is -2.10. The highest BCUT2D eigenvalue weighted by molar-refractivity contribution is 5.37. The smallest absolute Gasteiger partial charge is 0.224 e. The van der Waals surface area contributed by atoms with Gasteiger partial charge in [-0.3, -0.25) is 0 Å². The summed E-state index contributed by atoms with van der Waals surface area (Å²) in [5.41, 5.74) is 6.60. The molecule has 0 aliphatic rings.